The summed E-state index contributed by atoms with van der Waals surface area (Å²) in [5.41, 5.74) is 0.574. The molecule has 0 bridgehead atoms. The van der Waals surface area contributed by atoms with Gasteiger partial charge in [0.05, 0.1) is 12.0 Å². The first kappa shape index (κ1) is 17.7. The Bertz CT molecular complexity index is 794. The van der Waals surface area contributed by atoms with Gasteiger partial charge in [0.2, 0.25) is 0 Å². The van der Waals surface area contributed by atoms with Crippen LogP contribution >= 0.6 is 0 Å². The highest BCUT2D eigenvalue weighted by atomic mass is 16.6. The van der Waals surface area contributed by atoms with Gasteiger partial charge in [0, 0.05) is 37.8 Å². The zero-order chi connectivity index (χ0) is 18.5. The number of anilines is 1. The molecule has 0 N–H and O–H groups in total. The lowest BCUT2D eigenvalue weighted by molar-refractivity contribution is -0.385. The third-order valence-corrected chi connectivity index (χ3v) is 4.37. The van der Waals surface area contributed by atoms with Crippen LogP contribution in [0.3, 0.4) is 0 Å². The van der Waals surface area contributed by atoms with E-state index in [4.69, 9.17) is 4.74 Å². The van der Waals surface area contributed by atoms with E-state index >= 15 is 0 Å². The smallest absolute Gasteiger partial charge is 0.287 e. The fourth-order valence-electron chi connectivity index (χ4n) is 2.96. The van der Waals surface area contributed by atoms with Crippen molar-refractivity contribution < 1.29 is 14.5 Å². The predicted octanol–water partition coefficient (Wildman–Crippen LogP) is 2.35. The second-order valence-corrected chi connectivity index (χ2v) is 6.00. The molecule has 1 fully saturated rings. The highest BCUT2D eigenvalue weighted by molar-refractivity contribution is 5.94. The van der Waals surface area contributed by atoms with Gasteiger partial charge in [-0.1, -0.05) is 6.07 Å². The van der Waals surface area contributed by atoms with Crippen molar-refractivity contribution in [3.63, 3.8) is 0 Å². The first-order valence-electron chi connectivity index (χ1n) is 8.37. The number of nitrogens with zero attached hydrogens (tertiary/aromatic N) is 4. The summed E-state index contributed by atoms with van der Waals surface area (Å²) in [4.78, 5) is 31.1. The molecule has 1 saturated heterocycles. The summed E-state index contributed by atoms with van der Waals surface area (Å²) in [7, 11) is 1.57. The Balaban J connectivity index is 1.67. The molecule has 1 amide bonds. The minimum Gasteiger partial charge on any atom is -0.497 e. The fourth-order valence-corrected chi connectivity index (χ4v) is 2.96. The van der Waals surface area contributed by atoms with Gasteiger partial charge in [-0.2, -0.15) is 0 Å². The van der Waals surface area contributed by atoms with Crippen LogP contribution in [-0.4, -0.2) is 54.0 Å². The third kappa shape index (κ3) is 3.90. The molecule has 0 spiro atoms. The molecule has 2 aromatic rings. The van der Waals surface area contributed by atoms with Crippen LogP contribution in [0.15, 0.2) is 42.6 Å². The molecule has 26 heavy (non-hydrogen) atoms. The van der Waals surface area contributed by atoms with Crippen LogP contribution in [0.1, 0.15) is 16.8 Å². The number of pyridine rings is 1. The van der Waals surface area contributed by atoms with E-state index in [1.807, 2.05) is 9.80 Å². The number of carbonyl (C=O) groups excluding carboxylic acids is 1. The third-order valence-electron chi connectivity index (χ3n) is 4.37. The molecule has 1 aromatic heterocycles. The van der Waals surface area contributed by atoms with Crippen molar-refractivity contribution in [2.45, 2.75) is 6.42 Å². The summed E-state index contributed by atoms with van der Waals surface area (Å²) in [5.74, 6) is 1.32. The highest BCUT2D eigenvalue weighted by Gasteiger charge is 2.21. The number of methoxy groups -OCH3 is 1. The van der Waals surface area contributed by atoms with E-state index in [0.29, 0.717) is 36.8 Å². The number of carbonyl (C=O) groups is 1. The van der Waals surface area contributed by atoms with Gasteiger partial charge in [0.1, 0.15) is 17.8 Å². The second kappa shape index (κ2) is 7.81. The van der Waals surface area contributed by atoms with Crippen LogP contribution in [0.4, 0.5) is 11.5 Å². The summed E-state index contributed by atoms with van der Waals surface area (Å²) in [5, 5.41) is 10.7. The van der Waals surface area contributed by atoms with Crippen LogP contribution in [0.25, 0.3) is 0 Å². The van der Waals surface area contributed by atoms with E-state index in [0.717, 1.165) is 13.0 Å². The molecule has 2 heterocycles. The molecule has 8 nitrogen and oxygen atoms in total. The SMILES string of the molecule is COc1cccc(C(=O)N2CCCN(c3ccc([N+](=O)[O-])cn3)CC2)c1. The molecule has 8 heteroatoms. The Morgan fingerprint density at radius 1 is 1.19 bits per heavy atom. The van der Waals surface area contributed by atoms with Gasteiger partial charge < -0.3 is 14.5 Å². The van der Waals surface area contributed by atoms with Crippen molar-refractivity contribution in [2.24, 2.45) is 0 Å². The number of hydrogen-bond acceptors (Lipinski definition) is 6. The summed E-state index contributed by atoms with van der Waals surface area (Å²) >= 11 is 0. The maximum atomic E-state index is 12.7. The van der Waals surface area contributed by atoms with Crippen LogP contribution in [0.2, 0.25) is 0 Å². The van der Waals surface area contributed by atoms with Gasteiger partial charge in [0.25, 0.3) is 11.6 Å². The minimum atomic E-state index is -0.465. The van der Waals surface area contributed by atoms with Crippen molar-refractivity contribution in [2.75, 3.05) is 38.2 Å². The molecular weight excluding hydrogens is 336 g/mol. The summed E-state index contributed by atoms with van der Waals surface area (Å²) in [6.07, 6.45) is 2.06. The molecular formula is C18H20N4O4. The quantitative estimate of drug-likeness (QED) is 0.617. The zero-order valence-electron chi connectivity index (χ0n) is 14.5. The minimum absolute atomic E-state index is 0.0255. The van der Waals surface area contributed by atoms with Crippen LogP contribution < -0.4 is 9.64 Å². The molecule has 3 rings (SSSR count). The average Bonchev–Trinajstić information content (AvgIpc) is 2.93. The number of aromatic nitrogens is 1. The molecule has 0 radical (unpaired) electrons. The summed E-state index contributed by atoms with van der Waals surface area (Å²) in [6.45, 7) is 2.58. The van der Waals surface area contributed by atoms with Crippen molar-refractivity contribution in [1.29, 1.82) is 0 Å². The van der Waals surface area contributed by atoms with Crippen molar-refractivity contribution in [1.82, 2.24) is 9.88 Å². The Kier molecular flexibility index (Phi) is 5.31. The Morgan fingerprint density at radius 3 is 2.73 bits per heavy atom. The van der Waals surface area contributed by atoms with Crippen molar-refractivity contribution in [3.05, 3.63) is 58.3 Å². The van der Waals surface area contributed by atoms with Gasteiger partial charge in [-0.15, -0.1) is 0 Å². The lowest BCUT2D eigenvalue weighted by Crippen LogP contribution is -2.35. The number of amides is 1. The Labute approximate surface area is 151 Å². The standard InChI is InChI=1S/C18H20N4O4/c1-26-16-5-2-4-14(12-16)18(23)21-9-3-8-20(10-11-21)17-7-6-15(13-19-17)22(24)25/h2,4-7,12-13H,3,8-11H2,1H3. The largest absolute Gasteiger partial charge is 0.497 e. The molecule has 136 valence electrons. The van der Waals surface area contributed by atoms with Gasteiger partial charge in [0.15, 0.2) is 0 Å². The second-order valence-electron chi connectivity index (χ2n) is 6.00. The molecule has 1 aliphatic heterocycles. The first-order valence-corrected chi connectivity index (χ1v) is 8.37. The van der Waals surface area contributed by atoms with Crippen LogP contribution in [0, 0.1) is 10.1 Å². The average molecular weight is 356 g/mol. The maximum Gasteiger partial charge on any atom is 0.287 e. The van der Waals surface area contributed by atoms with E-state index in [-0.39, 0.29) is 11.6 Å². The highest BCUT2D eigenvalue weighted by Crippen LogP contribution is 2.19. The Hall–Kier alpha value is -3.16. The molecule has 0 saturated carbocycles. The number of hydrogen-bond donors (Lipinski definition) is 0. The lowest BCUT2D eigenvalue weighted by atomic mass is 10.2. The zero-order valence-corrected chi connectivity index (χ0v) is 14.5. The van der Waals surface area contributed by atoms with E-state index in [1.165, 1.54) is 12.3 Å². The molecule has 0 atom stereocenters. The van der Waals surface area contributed by atoms with Crippen LogP contribution in [-0.2, 0) is 0 Å². The monoisotopic (exact) mass is 356 g/mol. The Morgan fingerprint density at radius 2 is 2.04 bits per heavy atom. The van der Waals surface area contributed by atoms with E-state index < -0.39 is 4.92 Å². The fraction of sp³-hybridized carbons (Fsp3) is 0.333. The molecule has 1 aromatic carbocycles. The van der Waals surface area contributed by atoms with Gasteiger partial charge in [-0.25, -0.2) is 4.98 Å². The number of rotatable bonds is 4. The van der Waals surface area contributed by atoms with Gasteiger partial charge >= 0.3 is 0 Å². The number of nitro groups is 1. The predicted molar refractivity (Wildman–Crippen MR) is 96.6 cm³/mol. The van der Waals surface area contributed by atoms with E-state index in [9.17, 15) is 14.9 Å². The van der Waals surface area contributed by atoms with Crippen LogP contribution in [0.5, 0.6) is 5.75 Å². The number of benzene rings is 1. The molecule has 0 unspecified atom stereocenters. The van der Waals surface area contributed by atoms with Crippen molar-refractivity contribution in [3.8, 4) is 5.75 Å². The molecule has 1 aliphatic rings. The summed E-state index contributed by atoms with van der Waals surface area (Å²) in [6, 6.07) is 10.2. The topological polar surface area (TPSA) is 88.8 Å². The normalized spacial score (nSPS) is 14.7. The van der Waals surface area contributed by atoms with Crippen molar-refractivity contribution >= 4 is 17.4 Å². The lowest BCUT2D eigenvalue weighted by Gasteiger charge is -2.23. The first-order chi connectivity index (χ1) is 12.6. The van der Waals surface area contributed by atoms with E-state index in [1.54, 1.807) is 37.4 Å². The van der Waals surface area contributed by atoms with Gasteiger partial charge in [-0.3, -0.25) is 14.9 Å². The maximum absolute atomic E-state index is 12.7. The summed E-state index contributed by atoms with van der Waals surface area (Å²) < 4.78 is 5.18. The van der Waals surface area contributed by atoms with Gasteiger partial charge in [-0.05, 0) is 30.7 Å². The molecule has 0 aliphatic carbocycles. The van der Waals surface area contributed by atoms with E-state index in [2.05, 4.69) is 4.98 Å². The number of ether oxygens (including phenoxy) is 1.